The normalized spacial score (nSPS) is 22.0. The molecule has 2 N–H and O–H groups in total. The number of hydrogen-bond acceptors (Lipinski definition) is 3. The molecule has 1 aliphatic rings. The van der Waals surface area contributed by atoms with Crippen molar-refractivity contribution in [1.82, 2.24) is 5.01 Å². The lowest BCUT2D eigenvalue weighted by Crippen LogP contribution is -2.45. The van der Waals surface area contributed by atoms with Crippen LogP contribution < -0.4 is 10.6 Å². The predicted molar refractivity (Wildman–Crippen MR) is 65.2 cm³/mol. The molecule has 0 saturated carbocycles. The van der Waals surface area contributed by atoms with E-state index in [2.05, 4.69) is 12.1 Å². The molecule has 1 aromatic rings. The van der Waals surface area contributed by atoms with Crippen LogP contribution in [-0.2, 0) is 6.42 Å². The minimum atomic E-state index is 0.487. The number of benzene rings is 1. The molecule has 1 saturated heterocycles. The molecule has 1 atom stereocenters. The first-order valence-corrected chi connectivity index (χ1v) is 5.94. The van der Waals surface area contributed by atoms with Gasteiger partial charge in [0.25, 0.3) is 0 Å². The molecule has 2 rings (SSSR count). The molecule has 1 aliphatic heterocycles. The lowest BCUT2D eigenvalue weighted by Gasteiger charge is -2.31. The Hall–Kier alpha value is -1.06. The van der Waals surface area contributed by atoms with Gasteiger partial charge in [0.05, 0.1) is 7.11 Å². The van der Waals surface area contributed by atoms with Gasteiger partial charge >= 0.3 is 0 Å². The second-order valence-corrected chi connectivity index (χ2v) is 4.44. The van der Waals surface area contributed by atoms with E-state index in [1.54, 1.807) is 7.11 Å². The van der Waals surface area contributed by atoms with Crippen LogP contribution in [-0.4, -0.2) is 24.7 Å². The Kier molecular flexibility index (Phi) is 3.80. The van der Waals surface area contributed by atoms with Crippen molar-refractivity contribution in [2.24, 2.45) is 5.84 Å². The zero-order chi connectivity index (χ0) is 11.4. The first kappa shape index (κ1) is 11.4. The molecule has 0 radical (unpaired) electrons. The van der Waals surface area contributed by atoms with Crippen molar-refractivity contribution >= 4 is 0 Å². The number of rotatable bonds is 3. The molecule has 0 aliphatic carbocycles. The molecular formula is C13H20N2O. The Morgan fingerprint density at radius 1 is 1.44 bits per heavy atom. The maximum absolute atomic E-state index is 6.00. The van der Waals surface area contributed by atoms with Crippen LogP contribution in [0, 0.1) is 0 Å². The first-order valence-electron chi connectivity index (χ1n) is 5.94. The Morgan fingerprint density at radius 2 is 2.31 bits per heavy atom. The van der Waals surface area contributed by atoms with Gasteiger partial charge in [-0.05, 0) is 37.0 Å². The molecule has 16 heavy (non-hydrogen) atoms. The fourth-order valence-corrected chi connectivity index (χ4v) is 2.31. The van der Waals surface area contributed by atoms with Crippen molar-refractivity contribution in [2.45, 2.75) is 31.7 Å². The monoisotopic (exact) mass is 220 g/mol. The molecule has 0 bridgehead atoms. The van der Waals surface area contributed by atoms with Crippen LogP contribution in [0.5, 0.6) is 5.75 Å². The average Bonchev–Trinajstić information content (AvgIpc) is 2.32. The van der Waals surface area contributed by atoms with Crippen LogP contribution in [0.1, 0.15) is 24.8 Å². The van der Waals surface area contributed by atoms with E-state index < -0.39 is 0 Å². The summed E-state index contributed by atoms with van der Waals surface area (Å²) in [6, 6.07) is 8.75. The summed E-state index contributed by atoms with van der Waals surface area (Å²) in [6.45, 7) is 1.02. The molecule has 3 nitrogen and oxygen atoms in total. The van der Waals surface area contributed by atoms with Crippen LogP contribution >= 0.6 is 0 Å². The van der Waals surface area contributed by atoms with Crippen molar-refractivity contribution in [2.75, 3.05) is 13.7 Å². The molecule has 0 spiro atoms. The van der Waals surface area contributed by atoms with Gasteiger partial charge < -0.3 is 4.74 Å². The largest absolute Gasteiger partial charge is 0.497 e. The van der Waals surface area contributed by atoms with Crippen LogP contribution in [0.15, 0.2) is 24.3 Å². The lowest BCUT2D eigenvalue weighted by atomic mass is 9.97. The van der Waals surface area contributed by atoms with Gasteiger partial charge in [-0.3, -0.25) is 5.84 Å². The summed E-state index contributed by atoms with van der Waals surface area (Å²) < 4.78 is 5.23. The van der Waals surface area contributed by atoms with Gasteiger partial charge in [-0.15, -0.1) is 0 Å². The van der Waals surface area contributed by atoms with E-state index in [0.717, 1.165) is 18.7 Å². The predicted octanol–water partition coefficient (Wildman–Crippen LogP) is 1.97. The summed E-state index contributed by atoms with van der Waals surface area (Å²) in [7, 11) is 1.70. The number of methoxy groups -OCH3 is 1. The highest BCUT2D eigenvalue weighted by molar-refractivity contribution is 5.29. The fourth-order valence-electron chi connectivity index (χ4n) is 2.31. The molecular weight excluding hydrogens is 200 g/mol. The van der Waals surface area contributed by atoms with Crippen molar-refractivity contribution in [3.8, 4) is 5.75 Å². The number of nitrogens with zero attached hydrogens (tertiary/aromatic N) is 1. The Balaban J connectivity index is 2.01. The molecule has 0 amide bonds. The first-order chi connectivity index (χ1) is 7.79. The maximum atomic E-state index is 6.00. The quantitative estimate of drug-likeness (QED) is 0.791. The zero-order valence-corrected chi connectivity index (χ0v) is 9.86. The van der Waals surface area contributed by atoms with Crippen LogP contribution in [0.4, 0.5) is 0 Å². The summed E-state index contributed by atoms with van der Waals surface area (Å²) in [5.41, 5.74) is 1.31. The molecule has 88 valence electrons. The third-order valence-electron chi connectivity index (χ3n) is 3.28. The van der Waals surface area contributed by atoms with E-state index in [1.165, 1.54) is 24.8 Å². The van der Waals surface area contributed by atoms with Crippen molar-refractivity contribution in [3.63, 3.8) is 0 Å². The average molecular weight is 220 g/mol. The number of ether oxygens (including phenoxy) is 1. The summed E-state index contributed by atoms with van der Waals surface area (Å²) >= 11 is 0. The molecule has 1 aromatic carbocycles. The lowest BCUT2D eigenvalue weighted by molar-refractivity contribution is 0.150. The zero-order valence-electron chi connectivity index (χ0n) is 9.86. The summed E-state index contributed by atoms with van der Waals surface area (Å²) in [5, 5.41) is 1.99. The Morgan fingerprint density at radius 3 is 3.06 bits per heavy atom. The molecule has 1 heterocycles. The van der Waals surface area contributed by atoms with E-state index in [9.17, 15) is 0 Å². The van der Waals surface area contributed by atoms with Crippen LogP contribution in [0.2, 0.25) is 0 Å². The molecule has 1 fully saturated rings. The van der Waals surface area contributed by atoms with Gasteiger partial charge in [-0.1, -0.05) is 18.6 Å². The number of hydrogen-bond donors (Lipinski definition) is 1. The van der Waals surface area contributed by atoms with E-state index in [4.69, 9.17) is 10.6 Å². The van der Waals surface area contributed by atoms with Crippen LogP contribution in [0.25, 0.3) is 0 Å². The van der Waals surface area contributed by atoms with Crippen molar-refractivity contribution in [1.29, 1.82) is 0 Å². The molecule has 0 aromatic heterocycles. The standard InChI is InChI=1S/C13H20N2O/c1-16-13-7-4-5-11(10-13)9-12-6-2-3-8-15(12)14/h4-5,7,10,12H,2-3,6,8-9,14H2,1H3. The topological polar surface area (TPSA) is 38.5 Å². The number of piperidine rings is 1. The van der Waals surface area contributed by atoms with Gasteiger partial charge in [-0.25, -0.2) is 5.01 Å². The van der Waals surface area contributed by atoms with Gasteiger partial charge in [0.15, 0.2) is 0 Å². The van der Waals surface area contributed by atoms with Gasteiger partial charge in [0.2, 0.25) is 0 Å². The third kappa shape index (κ3) is 2.74. The minimum absolute atomic E-state index is 0.487. The smallest absolute Gasteiger partial charge is 0.119 e. The van der Waals surface area contributed by atoms with E-state index in [0.29, 0.717) is 6.04 Å². The number of hydrazine groups is 1. The third-order valence-corrected chi connectivity index (χ3v) is 3.28. The van der Waals surface area contributed by atoms with E-state index in [1.807, 2.05) is 17.1 Å². The summed E-state index contributed by atoms with van der Waals surface area (Å²) in [4.78, 5) is 0. The SMILES string of the molecule is COc1cccc(CC2CCCCN2N)c1. The second-order valence-electron chi connectivity index (χ2n) is 4.44. The highest BCUT2D eigenvalue weighted by atomic mass is 16.5. The number of nitrogens with two attached hydrogens (primary N) is 1. The minimum Gasteiger partial charge on any atom is -0.497 e. The second kappa shape index (κ2) is 5.32. The maximum Gasteiger partial charge on any atom is 0.119 e. The fraction of sp³-hybridized carbons (Fsp3) is 0.538. The van der Waals surface area contributed by atoms with Crippen molar-refractivity contribution < 1.29 is 4.74 Å². The Labute approximate surface area is 97.2 Å². The van der Waals surface area contributed by atoms with Crippen molar-refractivity contribution in [3.05, 3.63) is 29.8 Å². The van der Waals surface area contributed by atoms with Crippen LogP contribution in [0.3, 0.4) is 0 Å². The summed E-state index contributed by atoms with van der Waals surface area (Å²) in [6.07, 6.45) is 4.74. The van der Waals surface area contributed by atoms with Gasteiger partial charge in [0, 0.05) is 12.6 Å². The van der Waals surface area contributed by atoms with Gasteiger partial charge in [-0.2, -0.15) is 0 Å². The summed E-state index contributed by atoms with van der Waals surface area (Å²) in [5.74, 6) is 6.93. The van der Waals surface area contributed by atoms with E-state index in [-0.39, 0.29) is 0 Å². The molecule has 3 heteroatoms. The highest BCUT2D eigenvalue weighted by Gasteiger charge is 2.19. The van der Waals surface area contributed by atoms with Gasteiger partial charge in [0.1, 0.15) is 5.75 Å². The van der Waals surface area contributed by atoms with E-state index >= 15 is 0 Å². The Bertz CT molecular complexity index is 340. The highest BCUT2D eigenvalue weighted by Crippen LogP contribution is 2.20. The molecule has 1 unspecified atom stereocenters.